The fourth-order valence-electron chi connectivity index (χ4n) is 1.35. The average molecular weight is 272 g/mol. The van der Waals surface area contributed by atoms with Crippen LogP contribution in [0, 0.1) is 5.41 Å². The Morgan fingerprint density at radius 2 is 1.78 bits per heavy atom. The van der Waals surface area contributed by atoms with E-state index in [1.54, 1.807) is 32.5 Å². The highest BCUT2D eigenvalue weighted by Crippen LogP contribution is 2.31. The average Bonchev–Trinajstić information content (AvgIpc) is 2.23. The number of hydrogen-bond acceptors (Lipinski definition) is 4. The molecular weight excluding hydrogens is 248 g/mol. The number of esters is 1. The molecule has 18 heavy (non-hydrogen) atoms. The fraction of sp³-hybridized carbons (Fsp3) is 0.786. The monoisotopic (exact) mass is 272 g/mol. The molecule has 0 unspecified atom stereocenters. The van der Waals surface area contributed by atoms with Crippen molar-refractivity contribution in [3.8, 4) is 0 Å². The van der Waals surface area contributed by atoms with E-state index in [0.717, 1.165) is 0 Å². The number of rotatable bonds is 6. The van der Waals surface area contributed by atoms with Crippen LogP contribution in [0.25, 0.3) is 0 Å². The first kappa shape index (κ1) is 17.3. The molecule has 0 atom stereocenters. The Hall–Kier alpha value is -0.730. The van der Waals surface area contributed by atoms with Gasteiger partial charge < -0.3 is 4.74 Å². The van der Waals surface area contributed by atoms with E-state index in [-0.39, 0.29) is 10.7 Å². The van der Waals surface area contributed by atoms with Gasteiger partial charge in [0.2, 0.25) is 0 Å². The maximum absolute atomic E-state index is 11.7. The Labute approximate surface area is 114 Å². The van der Waals surface area contributed by atoms with Gasteiger partial charge in [0.25, 0.3) is 0 Å². The Morgan fingerprint density at radius 1 is 1.22 bits per heavy atom. The first-order valence-electron chi connectivity index (χ1n) is 6.16. The van der Waals surface area contributed by atoms with Crippen molar-refractivity contribution in [1.29, 1.82) is 0 Å². The fourth-order valence-corrected chi connectivity index (χ4v) is 2.12. The van der Waals surface area contributed by atoms with Crippen molar-refractivity contribution in [2.75, 3.05) is 12.4 Å². The van der Waals surface area contributed by atoms with Crippen LogP contribution in [0.1, 0.15) is 48.0 Å². The Bertz CT molecular complexity index is 333. The van der Waals surface area contributed by atoms with Crippen molar-refractivity contribution in [1.82, 2.24) is 0 Å². The van der Waals surface area contributed by atoms with Gasteiger partial charge in [-0.2, -0.15) is 11.8 Å². The van der Waals surface area contributed by atoms with Crippen molar-refractivity contribution >= 4 is 23.7 Å². The van der Waals surface area contributed by atoms with Gasteiger partial charge in [0.15, 0.2) is 0 Å². The third-order valence-electron chi connectivity index (χ3n) is 2.31. The SMILES string of the molecule is CCOC(=O)C(C)(C)CC(=C=O)CSC(C)(C)C. The second-order valence-corrected chi connectivity index (χ2v) is 7.69. The molecule has 0 fully saturated rings. The minimum atomic E-state index is -0.665. The zero-order valence-electron chi connectivity index (χ0n) is 12.3. The molecule has 4 heteroatoms. The van der Waals surface area contributed by atoms with Crippen LogP contribution in [0.4, 0.5) is 0 Å². The van der Waals surface area contributed by atoms with E-state index >= 15 is 0 Å². The number of ether oxygens (including phenoxy) is 1. The molecule has 0 aliphatic heterocycles. The lowest BCUT2D eigenvalue weighted by Crippen LogP contribution is -2.28. The molecule has 0 N–H and O–H groups in total. The molecule has 0 aromatic carbocycles. The summed E-state index contributed by atoms with van der Waals surface area (Å²) in [7, 11) is 0. The van der Waals surface area contributed by atoms with Gasteiger partial charge in [-0.15, -0.1) is 0 Å². The highest BCUT2D eigenvalue weighted by Gasteiger charge is 2.31. The lowest BCUT2D eigenvalue weighted by molar-refractivity contribution is -0.153. The highest BCUT2D eigenvalue weighted by molar-refractivity contribution is 8.00. The largest absolute Gasteiger partial charge is 0.466 e. The van der Waals surface area contributed by atoms with E-state index < -0.39 is 5.41 Å². The van der Waals surface area contributed by atoms with Crippen molar-refractivity contribution in [3.63, 3.8) is 0 Å². The minimum absolute atomic E-state index is 0.0934. The molecule has 0 saturated heterocycles. The zero-order valence-corrected chi connectivity index (χ0v) is 13.1. The Kier molecular flexibility index (Phi) is 6.72. The Morgan fingerprint density at radius 3 is 2.17 bits per heavy atom. The number of carbonyl (C=O) groups is 1. The number of carbonyl (C=O) groups excluding carboxylic acids is 2. The number of thioether (sulfide) groups is 1. The normalized spacial score (nSPS) is 11.9. The van der Waals surface area contributed by atoms with Gasteiger partial charge in [-0.05, 0) is 27.2 Å². The summed E-state index contributed by atoms with van der Waals surface area (Å²) in [4.78, 5) is 22.7. The third-order valence-corrected chi connectivity index (χ3v) is 3.67. The third kappa shape index (κ3) is 6.87. The van der Waals surface area contributed by atoms with Crippen LogP contribution < -0.4 is 0 Å². The summed E-state index contributed by atoms with van der Waals surface area (Å²) in [5, 5.41) is 0. The first-order chi connectivity index (χ1) is 8.12. The van der Waals surface area contributed by atoms with Crippen LogP contribution in [0.15, 0.2) is 5.57 Å². The molecule has 0 aliphatic rings. The quantitative estimate of drug-likeness (QED) is 0.550. The lowest BCUT2D eigenvalue weighted by atomic mass is 9.86. The summed E-state index contributed by atoms with van der Waals surface area (Å²) in [5.41, 5.74) is -0.0331. The van der Waals surface area contributed by atoms with Gasteiger partial charge in [0.1, 0.15) is 5.94 Å². The summed E-state index contributed by atoms with van der Waals surface area (Å²) in [6.07, 6.45) is 0.401. The molecule has 3 nitrogen and oxygen atoms in total. The van der Waals surface area contributed by atoms with Gasteiger partial charge in [-0.1, -0.05) is 20.8 Å². The predicted octanol–water partition coefficient (Wildman–Crippen LogP) is 3.26. The van der Waals surface area contributed by atoms with E-state index in [4.69, 9.17) is 4.74 Å². The van der Waals surface area contributed by atoms with E-state index in [1.807, 2.05) is 5.94 Å². The van der Waals surface area contributed by atoms with Crippen LogP contribution in [0.5, 0.6) is 0 Å². The van der Waals surface area contributed by atoms with Gasteiger partial charge in [0.05, 0.1) is 12.0 Å². The van der Waals surface area contributed by atoms with Gasteiger partial charge in [0, 0.05) is 16.1 Å². The molecule has 0 saturated carbocycles. The van der Waals surface area contributed by atoms with E-state index in [9.17, 15) is 9.59 Å². The summed E-state index contributed by atoms with van der Waals surface area (Å²) in [5.74, 6) is 2.31. The minimum Gasteiger partial charge on any atom is -0.466 e. The van der Waals surface area contributed by atoms with E-state index in [0.29, 0.717) is 24.4 Å². The first-order valence-corrected chi connectivity index (χ1v) is 7.15. The molecular formula is C14H24O3S. The molecule has 0 aromatic rings. The molecule has 0 aliphatic carbocycles. The maximum atomic E-state index is 11.7. The Balaban J connectivity index is 4.55. The smallest absolute Gasteiger partial charge is 0.311 e. The van der Waals surface area contributed by atoms with Crippen molar-refractivity contribution in [3.05, 3.63) is 5.57 Å². The standard InChI is InChI=1S/C14H24O3S/c1-7-17-12(16)14(5,6)8-11(9-15)10-18-13(2,3)4/h7-8,10H2,1-6H3. The number of hydrogen-bond donors (Lipinski definition) is 0. The van der Waals surface area contributed by atoms with Crippen LogP contribution in [-0.2, 0) is 14.3 Å². The summed E-state index contributed by atoms with van der Waals surface area (Å²) in [6, 6.07) is 0. The zero-order chi connectivity index (χ0) is 14.4. The van der Waals surface area contributed by atoms with Crippen LogP contribution in [0.3, 0.4) is 0 Å². The van der Waals surface area contributed by atoms with Gasteiger partial charge >= 0.3 is 5.97 Å². The molecule has 0 rings (SSSR count). The van der Waals surface area contributed by atoms with Gasteiger partial charge in [-0.25, -0.2) is 4.79 Å². The second-order valence-electron chi connectivity index (χ2n) is 5.89. The molecule has 0 bridgehead atoms. The van der Waals surface area contributed by atoms with Crippen LogP contribution >= 0.6 is 11.8 Å². The summed E-state index contributed by atoms with van der Waals surface area (Å²) >= 11 is 1.68. The van der Waals surface area contributed by atoms with Gasteiger partial charge in [-0.3, -0.25) is 4.79 Å². The molecule has 0 spiro atoms. The van der Waals surface area contributed by atoms with Crippen molar-refractivity contribution < 1.29 is 14.3 Å². The molecule has 0 radical (unpaired) electrons. The van der Waals surface area contributed by atoms with E-state index in [2.05, 4.69) is 20.8 Å². The molecule has 104 valence electrons. The van der Waals surface area contributed by atoms with Crippen LogP contribution in [-0.4, -0.2) is 29.0 Å². The highest BCUT2D eigenvalue weighted by atomic mass is 32.2. The molecule has 0 heterocycles. The van der Waals surface area contributed by atoms with Crippen molar-refractivity contribution in [2.45, 2.75) is 52.7 Å². The molecule has 0 amide bonds. The maximum Gasteiger partial charge on any atom is 0.311 e. The van der Waals surface area contributed by atoms with E-state index in [1.165, 1.54) is 0 Å². The predicted molar refractivity (Wildman–Crippen MR) is 76.4 cm³/mol. The summed E-state index contributed by atoms with van der Waals surface area (Å²) in [6.45, 7) is 12.0. The molecule has 0 aromatic heterocycles. The topological polar surface area (TPSA) is 43.4 Å². The lowest BCUT2D eigenvalue weighted by Gasteiger charge is -2.24. The van der Waals surface area contributed by atoms with Crippen LogP contribution in [0.2, 0.25) is 0 Å². The summed E-state index contributed by atoms with van der Waals surface area (Å²) < 4.78 is 5.10. The second kappa shape index (κ2) is 7.01. The van der Waals surface area contributed by atoms with Crippen molar-refractivity contribution in [2.24, 2.45) is 5.41 Å².